The Hall–Kier alpha value is -1.44. The van der Waals surface area contributed by atoms with Gasteiger partial charge in [0.2, 0.25) is 0 Å². The van der Waals surface area contributed by atoms with Gasteiger partial charge in [0.05, 0.1) is 31.8 Å². The van der Waals surface area contributed by atoms with Crippen LogP contribution in [-0.2, 0) is 28.5 Å². The Labute approximate surface area is 157 Å². The van der Waals surface area contributed by atoms with Crippen molar-refractivity contribution in [3.8, 4) is 0 Å². The number of carbonyl (C=O) groups excluding carboxylic acids is 2. The van der Waals surface area contributed by atoms with Crippen LogP contribution in [-0.4, -0.2) is 74.6 Å². The molecule has 0 fully saturated rings. The van der Waals surface area contributed by atoms with Gasteiger partial charge in [0.1, 0.15) is 12.7 Å². The fraction of sp³-hybridized carbons (Fsp3) is 0.789. The monoisotopic (exact) mass is 373 g/mol. The lowest BCUT2D eigenvalue weighted by Gasteiger charge is -2.20. The van der Waals surface area contributed by atoms with E-state index in [0.29, 0.717) is 19.6 Å². The van der Waals surface area contributed by atoms with Crippen LogP contribution in [0.2, 0.25) is 0 Å². The average molecular weight is 373 g/mol. The molecule has 26 heavy (non-hydrogen) atoms. The Morgan fingerprint density at radius 2 is 1.50 bits per heavy atom. The first-order chi connectivity index (χ1) is 12.3. The first kappa shape index (κ1) is 24.6. The Morgan fingerprint density at radius 3 is 2.04 bits per heavy atom. The van der Waals surface area contributed by atoms with Crippen molar-refractivity contribution >= 4 is 11.9 Å². The highest BCUT2D eigenvalue weighted by Crippen LogP contribution is 2.02. The molecule has 0 amide bonds. The molecule has 0 aliphatic rings. The van der Waals surface area contributed by atoms with E-state index in [4.69, 9.17) is 18.9 Å². The highest BCUT2D eigenvalue weighted by atomic mass is 16.6. The van der Waals surface area contributed by atoms with Gasteiger partial charge in [-0.2, -0.15) is 0 Å². The molecule has 3 atom stereocenters. The smallest absolute Gasteiger partial charge is 0.330 e. The second-order valence-corrected chi connectivity index (χ2v) is 6.20. The van der Waals surface area contributed by atoms with Crippen LogP contribution in [0.3, 0.4) is 0 Å². The molecule has 3 unspecified atom stereocenters. The zero-order chi connectivity index (χ0) is 19.9. The highest BCUT2D eigenvalue weighted by Gasteiger charge is 2.13. The van der Waals surface area contributed by atoms with Crippen LogP contribution >= 0.6 is 0 Å². The summed E-state index contributed by atoms with van der Waals surface area (Å²) in [6, 6.07) is 0. The van der Waals surface area contributed by atoms with E-state index in [1.807, 2.05) is 13.8 Å². The summed E-state index contributed by atoms with van der Waals surface area (Å²) in [6.45, 7) is 16.3. The number of rotatable bonds is 15. The fourth-order valence-corrected chi connectivity index (χ4v) is 2.05. The van der Waals surface area contributed by atoms with Gasteiger partial charge in [0, 0.05) is 12.6 Å². The van der Waals surface area contributed by atoms with Crippen LogP contribution in [0.5, 0.6) is 0 Å². The maximum Gasteiger partial charge on any atom is 0.330 e. The summed E-state index contributed by atoms with van der Waals surface area (Å²) >= 11 is 0. The Balaban J connectivity index is 3.83. The molecule has 0 rings (SSSR count). The molecule has 7 nitrogen and oxygen atoms in total. The zero-order valence-corrected chi connectivity index (χ0v) is 16.9. The Bertz CT molecular complexity index is 411. The molecular formula is C19H35NO6. The number of carbonyl (C=O) groups is 2. The topological polar surface area (TPSA) is 74.3 Å². The quantitative estimate of drug-likeness (QED) is 0.322. The Kier molecular flexibility index (Phi) is 13.9. The van der Waals surface area contributed by atoms with Crippen molar-refractivity contribution in [1.82, 2.24) is 4.90 Å². The van der Waals surface area contributed by atoms with Crippen LogP contribution < -0.4 is 0 Å². The lowest BCUT2D eigenvalue weighted by Crippen LogP contribution is -2.29. The molecule has 0 aromatic carbocycles. The third kappa shape index (κ3) is 12.9. The summed E-state index contributed by atoms with van der Waals surface area (Å²) in [5.41, 5.74) is 0. The summed E-state index contributed by atoms with van der Waals surface area (Å²) in [4.78, 5) is 25.0. The second-order valence-electron chi connectivity index (χ2n) is 6.20. The minimum atomic E-state index is -0.471. The summed E-state index contributed by atoms with van der Waals surface area (Å²) in [5.74, 6) is -0.684. The molecular weight excluding hydrogens is 338 g/mol. The molecule has 0 aromatic heterocycles. The van der Waals surface area contributed by atoms with Crippen LogP contribution in [0, 0.1) is 0 Å². The van der Waals surface area contributed by atoms with Crippen LogP contribution in [0.15, 0.2) is 12.7 Å². The zero-order valence-electron chi connectivity index (χ0n) is 16.9. The molecule has 0 bridgehead atoms. The maximum absolute atomic E-state index is 11.7. The van der Waals surface area contributed by atoms with E-state index in [2.05, 4.69) is 25.3 Å². The molecule has 7 heteroatoms. The lowest BCUT2D eigenvalue weighted by molar-refractivity contribution is -0.151. The standard InChI is InChI=1S/C19H35NO6/c1-7-18(21)26-17(6)14-24-15(4)12-23-16(5)13-25-19(22)10-11-20(8-2)9-3/h7,15-17H,1,8-14H2,2-6H3. The van der Waals surface area contributed by atoms with E-state index < -0.39 is 5.97 Å². The minimum absolute atomic E-state index is 0.166. The van der Waals surface area contributed by atoms with E-state index in [9.17, 15) is 9.59 Å². The predicted octanol–water partition coefficient (Wildman–Crippen LogP) is 2.19. The van der Waals surface area contributed by atoms with E-state index >= 15 is 0 Å². The number of nitrogens with zero attached hydrogens (tertiary/aromatic N) is 1. The molecule has 0 saturated heterocycles. The number of ether oxygens (including phenoxy) is 4. The summed E-state index contributed by atoms with van der Waals surface area (Å²) in [6.07, 6.45) is 0.769. The molecule has 0 aliphatic heterocycles. The van der Waals surface area contributed by atoms with Gasteiger partial charge in [-0.15, -0.1) is 0 Å². The molecule has 152 valence electrons. The van der Waals surface area contributed by atoms with Gasteiger partial charge >= 0.3 is 11.9 Å². The van der Waals surface area contributed by atoms with Gasteiger partial charge in [-0.3, -0.25) is 4.79 Å². The highest BCUT2D eigenvalue weighted by molar-refractivity contribution is 5.81. The van der Waals surface area contributed by atoms with Gasteiger partial charge in [-0.05, 0) is 33.9 Å². The van der Waals surface area contributed by atoms with Gasteiger partial charge in [0.25, 0.3) is 0 Å². The number of esters is 2. The van der Waals surface area contributed by atoms with Crippen molar-refractivity contribution in [2.24, 2.45) is 0 Å². The van der Waals surface area contributed by atoms with Gasteiger partial charge in [-0.1, -0.05) is 20.4 Å². The summed E-state index contributed by atoms with van der Waals surface area (Å²) in [7, 11) is 0. The molecule has 0 aromatic rings. The molecule has 0 radical (unpaired) electrons. The first-order valence-corrected chi connectivity index (χ1v) is 9.26. The Morgan fingerprint density at radius 1 is 0.962 bits per heavy atom. The van der Waals surface area contributed by atoms with Crippen molar-refractivity contribution in [2.45, 2.75) is 59.4 Å². The van der Waals surface area contributed by atoms with Crippen LogP contribution in [0.1, 0.15) is 41.0 Å². The predicted molar refractivity (Wildman–Crippen MR) is 99.9 cm³/mol. The van der Waals surface area contributed by atoms with Gasteiger partial charge < -0.3 is 23.8 Å². The lowest BCUT2D eigenvalue weighted by atomic mass is 10.3. The van der Waals surface area contributed by atoms with Gasteiger partial charge in [0.15, 0.2) is 0 Å². The van der Waals surface area contributed by atoms with Gasteiger partial charge in [-0.25, -0.2) is 4.79 Å². The van der Waals surface area contributed by atoms with Crippen LogP contribution in [0.25, 0.3) is 0 Å². The fourth-order valence-electron chi connectivity index (χ4n) is 2.05. The average Bonchev–Trinajstić information content (AvgIpc) is 2.63. The van der Waals surface area contributed by atoms with E-state index in [1.54, 1.807) is 6.92 Å². The first-order valence-electron chi connectivity index (χ1n) is 9.26. The summed E-state index contributed by atoms with van der Waals surface area (Å²) in [5, 5.41) is 0. The van der Waals surface area contributed by atoms with Crippen molar-refractivity contribution in [2.75, 3.05) is 39.5 Å². The normalized spacial score (nSPS) is 14.5. The van der Waals surface area contributed by atoms with Crippen molar-refractivity contribution < 1.29 is 28.5 Å². The van der Waals surface area contributed by atoms with E-state index in [1.165, 1.54) is 0 Å². The summed E-state index contributed by atoms with van der Waals surface area (Å²) < 4.78 is 21.4. The molecule has 0 saturated carbocycles. The molecule has 0 aliphatic carbocycles. The largest absolute Gasteiger partial charge is 0.463 e. The molecule has 0 spiro atoms. The third-order valence-corrected chi connectivity index (χ3v) is 3.72. The minimum Gasteiger partial charge on any atom is -0.463 e. The van der Waals surface area contributed by atoms with E-state index in [-0.39, 0.29) is 37.5 Å². The van der Waals surface area contributed by atoms with Crippen LogP contribution in [0.4, 0.5) is 0 Å². The molecule has 0 N–H and O–H groups in total. The molecule has 0 heterocycles. The van der Waals surface area contributed by atoms with Crippen molar-refractivity contribution in [3.63, 3.8) is 0 Å². The third-order valence-electron chi connectivity index (χ3n) is 3.72. The van der Waals surface area contributed by atoms with Crippen molar-refractivity contribution in [3.05, 3.63) is 12.7 Å². The van der Waals surface area contributed by atoms with Crippen molar-refractivity contribution in [1.29, 1.82) is 0 Å². The number of hydrogen-bond acceptors (Lipinski definition) is 7. The van der Waals surface area contributed by atoms with E-state index in [0.717, 1.165) is 19.2 Å². The second kappa shape index (κ2) is 14.7. The maximum atomic E-state index is 11.7. The number of hydrogen-bond donors (Lipinski definition) is 0. The SMILES string of the molecule is C=CC(=O)OC(C)COC(C)COC(C)COC(=O)CCN(CC)CC.